The number of ether oxygens (including phenoxy) is 3. The highest BCUT2D eigenvalue weighted by molar-refractivity contribution is 5.89. The number of methoxy groups -OCH3 is 1. The van der Waals surface area contributed by atoms with Crippen LogP contribution in [0.1, 0.15) is 15.9 Å². The summed E-state index contributed by atoms with van der Waals surface area (Å²) in [6.07, 6.45) is 0. The van der Waals surface area contributed by atoms with Crippen LogP contribution in [-0.2, 0) is 4.74 Å². The van der Waals surface area contributed by atoms with Crippen LogP contribution in [0.4, 0.5) is 0 Å². The Kier molecular flexibility index (Phi) is 5.21. The van der Waals surface area contributed by atoms with E-state index in [2.05, 4.69) is 4.74 Å². The average molecular weight is 286 g/mol. The van der Waals surface area contributed by atoms with Crippen molar-refractivity contribution in [3.05, 3.63) is 59.7 Å². The van der Waals surface area contributed by atoms with Gasteiger partial charge < -0.3 is 14.2 Å². The van der Waals surface area contributed by atoms with E-state index < -0.39 is 0 Å². The molecule has 4 heteroatoms. The van der Waals surface area contributed by atoms with E-state index in [-0.39, 0.29) is 5.97 Å². The molecule has 2 aromatic carbocycles. The van der Waals surface area contributed by atoms with Crippen molar-refractivity contribution in [2.24, 2.45) is 0 Å². The summed E-state index contributed by atoms with van der Waals surface area (Å²) in [5.74, 6) is 1.09. The first-order chi connectivity index (χ1) is 10.2. The Morgan fingerprint density at radius 3 is 2.52 bits per heavy atom. The normalized spacial score (nSPS) is 10.0. The highest BCUT2D eigenvalue weighted by Gasteiger charge is 2.06. The van der Waals surface area contributed by atoms with E-state index in [9.17, 15) is 4.79 Å². The molecule has 110 valence electrons. The zero-order valence-electron chi connectivity index (χ0n) is 12.2. The van der Waals surface area contributed by atoms with Crippen molar-refractivity contribution in [2.75, 3.05) is 20.3 Å². The first kappa shape index (κ1) is 14.9. The molecule has 0 saturated heterocycles. The van der Waals surface area contributed by atoms with Crippen molar-refractivity contribution >= 4 is 5.97 Å². The number of rotatable bonds is 6. The summed E-state index contributed by atoms with van der Waals surface area (Å²) in [7, 11) is 1.35. The van der Waals surface area contributed by atoms with Crippen molar-refractivity contribution in [3.8, 4) is 11.5 Å². The first-order valence-electron chi connectivity index (χ1n) is 6.70. The molecule has 0 fully saturated rings. The second-order valence-electron chi connectivity index (χ2n) is 4.48. The molecule has 0 atom stereocenters. The second-order valence-corrected chi connectivity index (χ2v) is 4.48. The maximum atomic E-state index is 11.4. The van der Waals surface area contributed by atoms with Crippen molar-refractivity contribution in [1.82, 2.24) is 0 Å². The number of carbonyl (C=O) groups excluding carboxylic acids is 1. The maximum absolute atomic E-state index is 11.4. The minimum absolute atomic E-state index is 0.378. The predicted octanol–water partition coefficient (Wildman–Crippen LogP) is 3.24. The second kappa shape index (κ2) is 7.33. The smallest absolute Gasteiger partial charge is 0.337 e. The Labute approximate surface area is 124 Å². The van der Waals surface area contributed by atoms with Gasteiger partial charge in [0.05, 0.1) is 12.7 Å². The Morgan fingerprint density at radius 2 is 1.76 bits per heavy atom. The van der Waals surface area contributed by atoms with E-state index in [0.717, 1.165) is 11.3 Å². The lowest BCUT2D eigenvalue weighted by molar-refractivity contribution is 0.0600. The van der Waals surface area contributed by atoms with Gasteiger partial charge >= 0.3 is 5.97 Å². The fourth-order valence-corrected chi connectivity index (χ4v) is 1.86. The molecule has 0 aliphatic carbocycles. The predicted molar refractivity (Wildman–Crippen MR) is 80.0 cm³/mol. The highest BCUT2D eigenvalue weighted by atomic mass is 16.5. The van der Waals surface area contributed by atoms with Crippen molar-refractivity contribution in [3.63, 3.8) is 0 Å². The Morgan fingerprint density at radius 1 is 1.00 bits per heavy atom. The molecule has 0 aromatic heterocycles. The SMILES string of the molecule is COC(=O)c1cccc(OCCOc2ccccc2C)c1. The number of esters is 1. The lowest BCUT2D eigenvalue weighted by atomic mass is 10.2. The van der Waals surface area contributed by atoms with Gasteiger partial charge in [0.1, 0.15) is 24.7 Å². The van der Waals surface area contributed by atoms with E-state index >= 15 is 0 Å². The summed E-state index contributed by atoms with van der Waals surface area (Å²) in [6, 6.07) is 14.7. The van der Waals surface area contributed by atoms with E-state index in [1.807, 2.05) is 31.2 Å². The molecular weight excluding hydrogens is 268 g/mol. The van der Waals surface area contributed by atoms with Gasteiger partial charge in [-0.05, 0) is 36.8 Å². The standard InChI is InChI=1S/C17H18O4/c1-13-6-3-4-9-16(13)21-11-10-20-15-8-5-7-14(12-15)17(18)19-2/h3-9,12H,10-11H2,1-2H3. The lowest BCUT2D eigenvalue weighted by Crippen LogP contribution is -2.10. The molecule has 0 saturated carbocycles. The lowest BCUT2D eigenvalue weighted by Gasteiger charge is -2.10. The van der Waals surface area contributed by atoms with Crippen molar-refractivity contribution in [1.29, 1.82) is 0 Å². The third-order valence-corrected chi connectivity index (χ3v) is 2.96. The third-order valence-electron chi connectivity index (χ3n) is 2.96. The van der Waals surface area contributed by atoms with E-state index in [4.69, 9.17) is 9.47 Å². The van der Waals surface area contributed by atoms with Crippen molar-refractivity contribution in [2.45, 2.75) is 6.92 Å². The largest absolute Gasteiger partial charge is 0.490 e. The topological polar surface area (TPSA) is 44.8 Å². The van der Waals surface area contributed by atoms with Gasteiger partial charge in [0.25, 0.3) is 0 Å². The minimum atomic E-state index is -0.378. The van der Waals surface area contributed by atoms with Crippen LogP contribution in [-0.4, -0.2) is 26.3 Å². The van der Waals surface area contributed by atoms with Gasteiger partial charge in [-0.2, -0.15) is 0 Å². The third kappa shape index (κ3) is 4.24. The minimum Gasteiger partial charge on any atom is -0.490 e. The summed E-state index contributed by atoms with van der Waals surface area (Å²) in [5, 5.41) is 0. The average Bonchev–Trinajstić information content (AvgIpc) is 2.52. The van der Waals surface area contributed by atoms with Gasteiger partial charge in [-0.25, -0.2) is 4.79 Å². The maximum Gasteiger partial charge on any atom is 0.337 e. The Hall–Kier alpha value is -2.49. The fraction of sp³-hybridized carbons (Fsp3) is 0.235. The van der Waals surface area contributed by atoms with Crippen LogP contribution in [0.15, 0.2) is 48.5 Å². The fourth-order valence-electron chi connectivity index (χ4n) is 1.86. The summed E-state index contributed by atoms with van der Waals surface area (Å²) in [6.45, 7) is 2.84. The molecule has 0 aliphatic rings. The van der Waals surface area contributed by atoms with E-state index in [0.29, 0.717) is 24.5 Å². The van der Waals surface area contributed by atoms with Gasteiger partial charge in [0.2, 0.25) is 0 Å². The summed E-state index contributed by atoms with van der Waals surface area (Å²) in [5.41, 5.74) is 1.56. The molecule has 0 spiro atoms. The molecule has 2 rings (SSSR count). The van der Waals surface area contributed by atoms with Crippen LogP contribution in [0.5, 0.6) is 11.5 Å². The molecule has 0 unspecified atom stereocenters. The van der Waals surface area contributed by atoms with Crippen LogP contribution < -0.4 is 9.47 Å². The van der Waals surface area contributed by atoms with E-state index in [1.165, 1.54) is 7.11 Å². The van der Waals surface area contributed by atoms with E-state index in [1.54, 1.807) is 24.3 Å². The van der Waals surface area contributed by atoms with Crippen molar-refractivity contribution < 1.29 is 19.0 Å². The van der Waals surface area contributed by atoms with Crippen LogP contribution in [0.25, 0.3) is 0 Å². The zero-order chi connectivity index (χ0) is 15.1. The number of para-hydroxylation sites is 1. The zero-order valence-corrected chi connectivity index (χ0v) is 12.2. The number of hydrogen-bond acceptors (Lipinski definition) is 4. The van der Waals surface area contributed by atoms with Crippen LogP contribution >= 0.6 is 0 Å². The Bertz CT molecular complexity index is 607. The molecule has 0 radical (unpaired) electrons. The van der Waals surface area contributed by atoms with Crippen LogP contribution in [0.3, 0.4) is 0 Å². The van der Waals surface area contributed by atoms with Gasteiger partial charge in [-0.1, -0.05) is 24.3 Å². The first-order valence-corrected chi connectivity index (χ1v) is 6.70. The molecule has 2 aromatic rings. The summed E-state index contributed by atoms with van der Waals surface area (Å²) >= 11 is 0. The Balaban J connectivity index is 1.84. The summed E-state index contributed by atoms with van der Waals surface area (Å²) < 4.78 is 15.9. The molecule has 0 bridgehead atoms. The number of benzene rings is 2. The van der Waals surface area contributed by atoms with Gasteiger partial charge in [-0.15, -0.1) is 0 Å². The van der Waals surface area contributed by atoms with Gasteiger partial charge in [0.15, 0.2) is 0 Å². The number of hydrogen-bond donors (Lipinski definition) is 0. The molecular formula is C17H18O4. The monoisotopic (exact) mass is 286 g/mol. The molecule has 21 heavy (non-hydrogen) atoms. The molecule has 0 N–H and O–H groups in total. The van der Waals surface area contributed by atoms with Crippen LogP contribution in [0, 0.1) is 6.92 Å². The van der Waals surface area contributed by atoms with Crippen LogP contribution in [0.2, 0.25) is 0 Å². The van der Waals surface area contributed by atoms with Gasteiger partial charge in [-0.3, -0.25) is 0 Å². The quantitative estimate of drug-likeness (QED) is 0.604. The highest BCUT2D eigenvalue weighted by Crippen LogP contribution is 2.17. The number of aryl methyl sites for hydroxylation is 1. The molecule has 0 aliphatic heterocycles. The molecule has 0 amide bonds. The summed E-state index contributed by atoms with van der Waals surface area (Å²) in [4.78, 5) is 11.4. The molecule has 4 nitrogen and oxygen atoms in total. The van der Waals surface area contributed by atoms with Gasteiger partial charge in [0, 0.05) is 0 Å². The molecule has 0 heterocycles. The number of carbonyl (C=O) groups is 1.